The number of nitrogens with one attached hydrogen (secondary N) is 2. The van der Waals surface area contributed by atoms with Gasteiger partial charge in [0.1, 0.15) is 18.4 Å². The van der Waals surface area contributed by atoms with Crippen LogP contribution in [-0.2, 0) is 16.1 Å². The standard InChI is InChI=1S/C21H26FN5O4/c1-21(2,3)18(20(31)24-12-16(28)29)25-19(30)17-14-11-13(22)7-8-15(14)27(26-17)10-6-4-5-9-23/h7-8,11,18H,4-6,10,12H2,1-3H3,(H,24,31)(H,25,30)(H,28,29). The highest BCUT2D eigenvalue weighted by molar-refractivity contribution is 6.06. The van der Waals surface area contributed by atoms with Crippen LogP contribution in [0.3, 0.4) is 0 Å². The lowest BCUT2D eigenvalue weighted by atomic mass is 9.86. The zero-order valence-corrected chi connectivity index (χ0v) is 17.7. The first-order chi connectivity index (χ1) is 14.5. The molecule has 9 nitrogen and oxygen atoms in total. The van der Waals surface area contributed by atoms with Crippen LogP contribution in [0.15, 0.2) is 18.2 Å². The molecular formula is C21H26FN5O4. The minimum absolute atomic E-state index is 0.0323. The number of rotatable bonds is 9. The number of aliphatic carboxylic acids is 1. The first-order valence-electron chi connectivity index (χ1n) is 9.88. The fourth-order valence-electron chi connectivity index (χ4n) is 3.09. The fourth-order valence-corrected chi connectivity index (χ4v) is 3.09. The predicted molar refractivity (Wildman–Crippen MR) is 111 cm³/mol. The van der Waals surface area contributed by atoms with Crippen molar-refractivity contribution in [2.75, 3.05) is 6.54 Å². The van der Waals surface area contributed by atoms with E-state index in [1.54, 1.807) is 25.5 Å². The zero-order chi connectivity index (χ0) is 23.2. The normalized spacial score (nSPS) is 12.2. The van der Waals surface area contributed by atoms with Gasteiger partial charge in [-0.2, -0.15) is 10.4 Å². The second-order valence-electron chi connectivity index (χ2n) is 8.23. The number of nitriles is 1. The van der Waals surface area contributed by atoms with Crippen molar-refractivity contribution in [2.24, 2.45) is 5.41 Å². The van der Waals surface area contributed by atoms with Crippen molar-refractivity contribution in [1.29, 1.82) is 5.26 Å². The molecule has 1 heterocycles. The van der Waals surface area contributed by atoms with Crippen molar-refractivity contribution in [3.63, 3.8) is 0 Å². The van der Waals surface area contributed by atoms with Gasteiger partial charge < -0.3 is 15.7 Å². The van der Waals surface area contributed by atoms with Crippen LogP contribution in [-0.4, -0.2) is 45.3 Å². The number of hydrogen-bond acceptors (Lipinski definition) is 5. The third-order valence-electron chi connectivity index (χ3n) is 4.65. The average molecular weight is 431 g/mol. The summed E-state index contributed by atoms with van der Waals surface area (Å²) < 4.78 is 15.5. The lowest BCUT2D eigenvalue weighted by Gasteiger charge is -2.30. The van der Waals surface area contributed by atoms with Gasteiger partial charge in [0.15, 0.2) is 5.69 Å². The Morgan fingerprint density at radius 3 is 2.61 bits per heavy atom. The Hall–Kier alpha value is -3.48. The van der Waals surface area contributed by atoms with Crippen LogP contribution in [0.5, 0.6) is 0 Å². The number of carbonyl (C=O) groups excluding carboxylic acids is 2. The molecule has 1 atom stereocenters. The van der Waals surface area contributed by atoms with Gasteiger partial charge in [-0.3, -0.25) is 19.1 Å². The van der Waals surface area contributed by atoms with Gasteiger partial charge >= 0.3 is 5.97 Å². The SMILES string of the molecule is CC(C)(C)C(NC(=O)c1nn(CCCCC#N)c2ccc(F)cc12)C(=O)NCC(=O)O. The molecule has 0 bridgehead atoms. The molecule has 0 fully saturated rings. The van der Waals surface area contributed by atoms with Gasteiger partial charge in [-0.15, -0.1) is 0 Å². The second kappa shape index (κ2) is 10.0. The van der Waals surface area contributed by atoms with Gasteiger partial charge in [0.25, 0.3) is 5.91 Å². The van der Waals surface area contributed by atoms with Crippen molar-refractivity contribution in [1.82, 2.24) is 20.4 Å². The summed E-state index contributed by atoms with van der Waals surface area (Å²) in [6.07, 6.45) is 1.72. The number of fused-ring (bicyclic) bond motifs is 1. The summed E-state index contributed by atoms with van der Waals surface area (Å²) in [6.45, 7) is 5.04. The Bertz CT molecular complexity index is 1020. The molecule has 10 heteroatoms. The highest BCUT2D eigenvalue weighted by atomic mass is 19.1. The van der Waals surface area contributed by atoms with Crippen molar-refractivity contribution >= 4 is 28.7 Å². The van der Waals surface area contributed by atoms with Crippen LogP contribution in [0, 0.1) is 22.6 Å². The smallest absolute Gasteiger partial charge is 0.322 e. The van der Waals surface area contributed by atoms with Gasteiger partial charge in [0, 0.05) is 18.4 Å². The number of carbonyl (C=O) groups is 3. The van der Waals surface area contributed by atoms with E-state index in [1.807, 2.05) is 0 Å². The summed E-state index contributed by atoms with van der Waals surface area (Å²) in [4.78, 5) is 36.3. The van der Waals surface area contributed by atoms with Gasteiger partial charge in [0.2, 0.25) is 5.91 Å². The molecule has 0 aliphatic rings. The monoisotopic (exact) mass is 431 g/mol. The number of aryl methyl sites for hydroxylation is 1. The number of amides is 2. The highest BCUT2D eigenvalue weighted by Gasteiger charge is 2.34. The summed E-state index contributed by atoms with van der Waals surface area (Å²) >= 11 is 0. The largest absolute Gasteiger partial charge is 0.480 e. The maximum atomic E-state index is 13.9. The van der Waals surface area contributed by atoms with E-state index in [0.29, 0.717) is 36.7 Å². The quantitative estimate of drug-likeness (QED) is 0.521. The van der Waals surface area contributed by atoms with Crippen LogP contribution < -0.4 is 10.6 Å². The predicted octanol–water partition coefficient (Wildman–Crippen LogP) is 2.21. The number of nitrogens with zero attached hydrogens (tertiary/aromatic N) is 3. The number of hydrogen-bond donors (Lipinski definition) is 3. The summed E-state index contributed by atoms with van der Waals surface area (Å²) in [5.41, 5.74) is -0.194. The number of unbranched alkanes of at least 4 members (excludes halogenated alkanes) is 2. The number of carboxylic acids is 1. The Balaban J connectivity index is 2.32. The lowest BCUT2D eigenvalue weighted by molar-refractivity contribution is -0.138. The van der Waals surface area contributed by atoms with Gasteiger partial charge in [-0.05, 0) is 36.5 Å². The van der Waals surface area contributed by atoms with Crippen molar-refractivity contribution in [3.05, 3.63) is 29.7 Å². The molecule has 0 aliphatic carbocycles. The summed E-state index contributed by atoms with van der Waals surface area (Å²) in [7, 11) is 0. The number of aromatic nitrogens is 2. The maximum absolute atomic E-state index is 13.9. The van der Waals surface area contributed by atoms with E-state index in [-0.39, 0.29) is 5.69 Å². The topological polar surface area (TPSA) is 137 Å². The highest BCUT2D eigenvalue weighted by Crippen LogP contribution is 2.23. The van der Waals surface area contributed by atoms with Crippen molar-refractivity contribution < 1.29 is 23.9 Å². The first kappa shape index (κ1) is 23.8. The van der Waals surface area contributed by atoms with Crippen molar-refractivity contribution in [3.8, 4) is 6.07 Å². The van der Waals surface area contributed by atoms with Crippen molar-refractivity contribution in [2.45, 2.75) is 52.6 Å². The molecule has 2 rings (SSSR count). The second-order valence-corrected chi connectivity index (χ2v) is 8.23. The van der Waals surface area contributed by atoms with E-state index >= 15 is 0 Å². The number of benzene rings is 1. The molecule has 0 saturated heterocycles. The minimum atomic E-state index is -1.20. The van der Waals surface area contributed by atoms with Gasteiger partial charge in [-0.1, -0.05) is 20.8 Å². The molecule has 166 valence electrons. The lowest BCUT2D eigenvalue weighted by Crippen LogP contribution is -2.54. The molecule has 31 heavy (non-hydrogen) atoms. The van der Waals surface area contributed by atoms with E-state index in [9.17, 15) is 18.8 Å². The Morgan fingerprint density at radius 1 is 1.29 bits per heavy atom. The molecule has 2 aromatic rings. The fraction of sp³-hybridized carbons (Fsp3) is 0.476. The summed E-state index contributed by atoms with van der Waals surface area (Å²) in [6, 6.07) is 5.04. The Labute approximate surface area is 179 Å². The maximum Gasteiger partial charge on any atom is 0.322 e. The molecule has 1 unspecified atom stereocenters. The Kier molecular flexibility index (Phi) is 7.69. The van der Waals surface area contributed by atoms with E-state index < -0.39 is 41.6 Å². The van der Waals surface area contributed by atoms with E-state index in [1.165, 1.54) is 18.2 Å². The van der Waals surface area contributed by atoms with Gasteiger partial charge in [0.05, 0.1) is 11.6 Å². The molecule has 0 saturated carbocycles. The van der Waals surface area contributed by atoms with Gasteiger partial charge in [-0.25, -0.2) is 4.39 Å². The van der Waals surface area contributed by atoms with E-state index in [4.69, 9.17) is 10.4 Å². The minimum Gasteiger partial charge on any atom is -0.480 e. The van der Waals surface area contributed by atoms with E-state index in [2.05, 4.69) is 21.8 Å². The van der Waals surface area contributed by atoms with E-state index in [0.717, 1.165) is 0 Å². The molecule has 3 N–H and O–H groups in total. The van der Waals surface area contributed by atoms with Crippen LogP contribution >= 0.6 is 0 Å². The third kappa shape index (κ3) is 6.25. The average Bonchev–Trinajstić information content (AvgIpc) is 3.04. The van der Waals surface area contributed by atoms with Crippen LogP contribution in [0.4, 0.5) is 4.39 Å². The molecule has 1 aromatic carbocycles. The summed E-state index contributed by atoms with van der Waals surface area (Å²) in [5.74, 6) is -3.05. The molecule has 0 radical (unpaired) electrons. The zero-order valence-electron chi connectivity index (χ0n) is 17.7. The molecule has 0 aliphatic heterocycles. The number of halogens is 1. The third-order valence-corrected chi connectivity index (χ3v) is 4.65. The van der Waals surface area contributed by atoms with Crippen LogP contribution in [0.25, 0.3) is 10.9 Å². The Morgan fingerprint density at radius 2 is 2.00 bits per heavy atom. The molecular weight excluding hydrogens is 405 g/mol. The first-order valence-corrected chi connectivity index (χ1v) is 9.88. The number of carboxylic acid groups (broad SMARTS) is 1. The molecule has 0 spiro atoms. The molecule has 2 amide bonds. The summed E-state index contributed by atoms with van der Waals surface area (Å²) in [5, 5.41) is 27.0. The van der Waals surface area contributed by atoms with Crippen LogP contribution in [0.2, 0.25) is 0 Å². The van der Waals surface area contributed by atoms with Crippen LogP contribution in [0.1, 0.15) is 50.5 Å². The molecule has 1 aromatic heterocycles.